The lowest BCUT2D eigenvalue weighted by Gasteiger charge is -2.28. The lowest BCUT2D eigenvalue weighted by Crippen LogP contribution is -2.59. The summed E-state index contributed by atoms with van der Waals surface area (Å²) >= 11 is 0. The Bertz CT molecular complexity index is 3630. The van der Waals surface area contributed by atoms with Gasteiger partial charge < -0.3 is 50.7 Å². The molecule has 124 heavy (non-hydrogen) atoms. The highest BCUT2D eigenvalue weighted by Crippen LogP contribution is 2.32. The summed E-state index contributed by atoms with van der Waals surface area (Å²) < 4.78 is 30.4. The van der Waals surface area contributed by atoms with E-state index in [1.54, 1.807) is 20.8 Å². The minimum absolute atomic E-state index is 0.0570. The van der Waals surface area contributed by atoms with Crippen molar-refractivity contribution in [3.8, 4) is 28.4 Å². The van der Waals surface area contributed by atoms with Crippen molar-refractivity contribution in [3.05, 3.63) is 159 Å². The van der Waals surface area contributed by atoms with Crippen LogP contribution < -0.4 is 41.2 Å². The van der Waals surface area contributed by atoms with Crippen LogP contribution in [0.2, 0.25) is 0 Å². The van der Waals surface area contributed by atoms with Crippen molar-refractivity contribution >= 4 is 29.6 Å². The van der Waals surface area contributed by atoms with Gasteiger partial charge in [0, 0.05) is 17.9 Å². The molecule has 0 aromatic heterocycles. The molecule has 6 N–H and O–H groups in total. The molecule has 0 fully saturated rings. The number of unbranched alkanes of at least 4 members (excludes halogenated alkanes) is 39. The van der Waals surface area contributed by atoms with E-state index in [1.807, 2.05) is 112 Å². The number of nitrogens with one attached hydrogen (secondary N) is 4. The van der Waals surface area contributed by atoms with E-state index in [0.717, 1.165) is 107 Å². The van der Waals surface area contributed by atoms with E-state index in [4.69, 9.17) is 34.9 Å². The summed E-state index contributed by atoms with van der Waals surface area (Å²) in [6, 6.07) is 30.1. The van der Waals surface area contributed by atoms with Crippen LogP contribution in [0.15, 0.2) is 114 Å². The molecule has 0 saturated carbocycles. The van der Waals surface area contributed by atoms with Gasteiger partial charge in [0.25, 0.3) is 0 Å². The number of carbonyl (C=O) groups excluding carboxylic acids is 5. The first kappa shape index (κ1) is 107. The van der Waals surface area contributed by atoms with E-state index in [1.165, 1.54) is 231 Å². The molecule has 4 amide bonds. The number of carbonyl (C=O) groups is 5. The molecule has 0 bridgehead atoms. The van der Waals surface area contributed by atoms with E-state index in [0.29, 0.717) is 44.8 Å². The van der Waals surface area contributed by atoms with Crippen LogP contribution in [-0.4, -0.2) is 97.9 Å². The highest BCUT2D eigenvalue weighted by atomic mass is 16.6. The second-order valence-electron chi connectivity index (χ2n) is 37.2. The normalized spacial score (nSPS) is 12.6. The van der Waals surface area contributed by atoms with Gasteiger partial charge in [-0.2, -0.15) is 0 Å². The van der Waals surface area contributed by atoms with Crippen LogP contribution in [0.1, 0.15) is 396 Å². The number of hydrogen-bond acceptors (Lipinski definition) is 12. The summed E-state index contributed by atoms with van der Waals surface area (Å²) in [7, 11) is 0. The molecule has 0 radical (unpaired) electrons. The molecule has 0 saturated heterocycles. The molecule has 0 aliphatic carbocycles. The van der Waals surface area contributed by atoms with Crippen LogP contribution >= 0.6 is 0 Å². The molecule has 0 unspecified atom stereocenters. The molecule has 692 valence electrons. The van der Waals surface area contributed by atoms with Gasteiger partial charge in [-0.05, 0) is 188 Å². The molecular formula is C106H168N8O10. The number of esters is 1. The molecule has 0 aliphatic rings. The Labute approximate surface area is 750 Å². The van der Waals surface area contributed by atoms with Crippen molar-refractivity contribution in [3.63, 3.8) is 0 Å². The quantitative estimate of drug-likeness (QED) is 0.00804. The molecule has 4 atom stereocenters. The van der Waals surface area contributed by atoms with E-state index < -0.39 is 77.4 Å². The van der Waals surface area contributed by atoms with Crippen LogP contribution in [0.25, 0.3) is 21.6 Å². The van der Waals surface area contributed by atoms with Crippen LogP contribution in [0, 0.1) is 13.8 Å². The minimum atomic E-state index is -1.55. The maximum absolute atomic E-state index is 15.7. The summed E-state index contributed by atoms with van der Waals surface area (Å²) in [6.07, 6.45) is 55.9. The molecule has 5 aromatic rings. The third-order valence-corrected chi connectivity index (χ3v) is 23.4. The van der Waals surface area contributed by atoms with Crippen LogP contribution in [0.4, 0.5) is 0 Å². The Morgan fingerprint density at radius 1 is 0.411 bits per heavy atom. The third-order valence-electron chi connectivity index (χ3n) is 23.4. The summed E-state index contributed by atoms with van der Waals surface area (Å²) in [4.78, 5) is 77.1. The van der Waals surface area contributed by atoms with Crippen molar-refractivity contribution in [2.75, 3.05) is 33.0 Å². The van der Waals surface area contributed by atoms with E-state index in [9.17, 15) is 9.59 Å². The molecule has 18 nitrogen and oxygen atoms in total. The number of nitrogens with two attached hydrogens (primary N) is 1. The largest absolute Gasteiger partial charge is 0.494 e. The molecular weight excluding hydrogens is 1550 g/mol. The number of hydrogen-bond donors (Lipinski definition) is 5. The number of benzene rings is 5. The molecule has 18 heteroatoms. The number of aryl methyl sites for hydroxylation is 4. The predicted molar refractivity (Wildman–Crippen MR) is 512 cm³/mol. The van der Waals surface area contributed by atoms with Gasteiger partial charge in [0.2, 0.25) is 23.6 Å². The molecule has 0 spiro atoms. The number of rotatable bonds is 72. The van der Waals surface area contributed by atoms with Gasteiger partial charge >= 0.3 is 5.97 Å². The maximum atomic E-state index is 15.7. The highest BCUT2D eigenvalue weighted by molar-refractivity contribution is 5.96. The van der Waals surface area contributed by atoms with Gasteiger partial charge in [0.15, 0.2) is 0 Å². The lowest BCUT2D eigenvalue weighted by molar-refractivity contribution is -0.156. The first-order chi connectivity index (χ1) is 60.0. The Morgan fingerprint density at radius 3 is 1.22 bits per heavy atom. The average Bonchev–Trinajstić information content (AvgIpc) is 0.827. The van der Waals surface area contributed by atoms with Crippen molar-refractivity contribution in [2.24, 2.45) is 10.8 Å². The number of azide groups is 1. The number of ether oxygens (including phenoxy) is 5. The standard InChI is InChI=1S/C106H168N8O10/c1-12-15-17-19-21-23-25-27-29-31-33-35-37-39-41-43-45-47-49-52-73-120-91-66-62-89(63-67-91)100(90-64-68-92(69-65-90)121-74-53-50-48-46-44-42-40-38-36-34-32-30-28-26-24-22-20-18-16-13-2)113-102(117)96(57-55-56-86-77-83(4)76-84(5)78-86)110-103(118)97(112-104(119)98(81-99(115)124-106(9,10)11)111-101(116)95(107)82-123-105(6,7)8)79-85-58-60-88(61-59-85)94-71-70-93(80-87(94)14-3)122-75-54-51-72-109-114-108/h58-71,76-78,80,95-98,100H,12-57,72-75,79,81-82,107H2,1-11H3,(H,110,118)(H,111,116)(H,112,119)(H,113,117)/t95-,96-,97-,98-/m0/s1. The van der Waals surface area contributed by atoms with E-state index >= 15 is 14.4 Å². The van der Waals surface area contributed by atoms with Crippen LogP contribution in [0.5, 0.6) is 17.2 Å². The SMILES string of the molecule is CCCCCCCCCCCCCCCCCCCCCCOc1ccc(C(NC(=O)[C@H](CCCc2cc(C)cc(C)c2)NC(=O)[C@H](Cc2ccc(-c3ccc(OCCCCN=[N+]=[N-])cc3CC)cc2)NC(=O)[C@H](CC(=O)OC(C)(C)C)NC(=O)[C@@H](N)COC(C)(C)C)c2ccc(OCCCCCCCCCCCCCCCCCCCCCC)cc2)cc1. The Hall–Kier alpha value is -7.92. The zero-order valence-corrected chi connectivity index (χ0v) is 79.3. The molecule has 0 heterocycles. The lowest BCUT2D eigenvalue weighted by atomic mass is 9.95. The monoisotopic (exact) mass is 1710 g/mol. The van der Waals surface area contributed by atoms with Gasteiger partial charge in [0.05, 0.1) is 44.5 Å². The molecule has 5 rings (SSSR count). The topological polar surface area (TPSA) is 254 Å². The average molecular weight is 1710 g/mol. The van der Waals surface area contributed by atoms with Crippen LogP contribution in [0.3, 0.4) is 0 Å². The first-order valence-corrected chi connectivity index (χ1v) is 49.2. The van der Waals surface area contributed by atoms with Gasteiger partial charge in [-0.15, -0.1) is 0 Å². The fraction of sp³-hybridized carbons (Fsp3) is 0.670. The summed E-state index contributed by atoms with van der Waals surface area (Å²) in [5, 5.41) is 15.8. The second kappa shape index (κ2) is 64.8. The number of nitrogens with zero attached hydrogens (tertiary/aromatic N) is 3. The van der Waals surface area contributed by atoms with Gasteiger partial charge in [-0.25, -0.2) is 0 Å². The first-order valence-electron chi connectivity index (χ1n) is 49.2. The molecule has 5 aromatic carbocycles. The van der Waals surface area contributed by atoms with Crippen molar-refractivity contribution in [1.82, 2.24) is 21.3 Å². The van der Waals surface area contributed by atoms with Gasteiger partial charge in [-0.3, -0.25) is 24.0 Å². The maximum Gasteiger partial charge on any atom is 0.308 e. The highest BCUT2D eigenvalue weighted by Gasteiger charge is 2.35. The van der Waals surface area contributed by atoms with Crippen molar-refractivity contribution < 1.29 is 47.7 Å². The van der Waals surface area contributed by atoms with Gasteiger partial charge in [0.1, 0.15) is 47.0 Å². The molecule has 0 aliphatic heterocycles. The number of amides is 4. The minimum Gasteiger partial charge on any atom is -0.494 e. The fourth-order valence-corrected chi connectivity index (χ4v) is 16.2. The van der Waals surface area contributed by atoms with E-state index in [-0.39, 0.29) is 19.4 Å². The Kier molecular flexibility index (Phi) is 55.7. The summed E-state index contributed by atoms with van der Waals surface area (Å²) in [5.41, 5.74) is 22.1. The Morgan fingerprint density at radius 2 is 0.798 bits per heavy atom. The van der Waals surface area contributed by atoms with Gasteiger partial charge in [-0.1, -0.05) is 354 Å². The third kappa shape index (κ3) is 49.3. The predicted octanol–water partition coefficient (Wildman–Crippen LogP) is 26.2. The fourth-order valence-electron chi connectivity index (χ4n) is 16.2. The zero-order chi connectivity index (χ0) is 89.7. The Balaban J connectivity index is 1.36. The second-order valence-corrected chi connectivity index (χ2v) is 37.2. The van der Waals surface area contributed by atoms with Crippen molar-refractivity contribution in [1.29, 1.82) is 0 Å². The summed E-state index contributed by atoms with van der Waals surface area (Å²) in [6.45, 7) is 23.3. The van der Waals surface area contributed by atoms with Crippen molar-refractivity contribution in [2.45, 2.75) is 426 Å². The van der Waals surface area contributed by atoms with E-state index in [2.05, 4.69) is 84.1 Å². The van der Waals surface area contributed by atoms with Crippen LogP contribution in [-0.2, 0) is 52.7 Å². The zero-order valence-electron chi connectivity index (χ0n) is 79.3. The summed E-state index contributed by atoms with van der Waals surface area (Å²) in [5.74, 6) is -1.25. The smallest absolute Gasteiger partial charge is 0.308 e.